The largest absolute Gasteiger partial charge is 0.356 e. The Morgan fingerprint density at radius 2 is 1.48 bits per heavy atom. The molecule has 3 aromatic rings. The van der Waals surface area contributed by atoms with E-state index >= 15 is 0 Å². The van der Waals surface area contributed by atoms with Gasteiger partial charge >= 0.3 is 0 Å². The number of halogens is 1. The lowest BCUT2D eigenvalue weighted by Crippen LogP contribution is -2.30. The number of benzene rings is 3. The minimum absolute atomic E-state index is 0.00479. The number of amides is 1. The first-order chi connectivity index (χ1) is 13.9. The van der Waals surface area contributed by atoms with Crippen LogP contribution in [0.3, 0.4) is 0 Å². The molecule has 3 rings (SSSR count). The number of thiocarbonyl (C=S) groups is 1. The third-order valence-corrected chi connectivity index (χ3v) is 4.66. The van der Waals surface area contributed by atoms with Crippen LogP contribution in [0.1, 0.15) is 34.5 Å². The monoisotopic (exact) mass is 407 g/mol. The third kappa shape index (κ3) is 5.62. The molecule has 0 aromatic heterocycles. The summed E-state index contributed by atoms with van der Waals surface area (Å²) < 4.78 is 13.7. The normalized spacial score (nSPS) is 11.4. The zero-order valence-corrected chi connectivity index (χ0v) is 17.0. The van der Waals surface area contributed by atoms with Gasteiger partial charge in [0.05, 0.1) is 11.6 Å². The summed E-state index contributed by atoms with van der Waals surface area (Å²) in [6, 6.07) is 21.3. The van der Waals surface area contributed by atoms with Gasteiger partial charge in [0.25, 0.3) is 5.91 Å². The average molecular weight is 408 g/mol. The van der Waals surface area contributed by atoms with Gasteiger partial charge in [0, 0.05) is 11.4 Å². The van der Waals surface area contributed by atoms with E-state index in [2.05, 4.69) is 47.1 Å². The van der Waals surface area contributed by atoms with Crippen LogP contribution in [-0.2, 0) is 0 Å². The van der Waals surface area contributed by atoms with Gasteiger partial charge in [-0.25, -0.2) is 4.39 Å². The Hall–Kier alpha value is -3.25. The van der Waals surface area contributed by atoms with Gasteiger partial charge in [0.1, 0.15) is 5.82 Å². The topological polar surface area (TPSA) is 53.2 Å². The van der Waals surface area contributed by atoms with Crippen LogP contribution in [-0.4, -0.2) is 11.0 Å². The molecular weight excluding hydrogens is 385 g/mol. The van der Waals surface area contributed by atoms with Gasteiger partial charge in [0.15, 0.2) is 5.11 Å². The van der Waals surface area contributed by atoms with Crippen LogP contribution < -0.4 is 16.0 Å². The van der Waals surface area contributed by atoms with Crippen molar-refractivity contribution < 1.29 is 9.18 Å². The summed E-state index contributed by atoms with van der Waals surface area (Å²) in [7, 11) is 0. The van der Waals surface area contributed by atoms with Gasteiger partial charge in [-0.1, -0.05) is 42.0 Å². The van der Waals surface area contributed by atoms with Crippen molar-refractivity contribution in [2.45, 2.75) is 19.9 Å². The quantitative estimate of drug-likeness (QED) is 0.494. The number of rotatable bonds is 5. The molecule has 0 saturated heterocycles. The third-order valence-electron chi connectivity index (χ3n) is 4.44. The highest BCUT2D eigenvalue weighted by atomic mass is 32.1. The molecule has 148 valence electrons. The van der Waals surface area contributed by atoms with Crippen molar-refractivity contribution in [1.82, 2.24) is 5.32 Å². The van der Waals surface area contributed by atoms with E-state index in [1.165, 1.54) is 17.7 Å². The Morgan fingerprint density at radius 1 is 0.897 bits per heavy atom. The first kappa shape index (κ1) is 20.5. The van der Waals surface area contributed by atoms with Crippen LogP contribution in [0, 0.1) is 12.7 Å². The second-order valence-electron chi connectivity index (χ2n) is 6.74. The zero-order valence-electron chi connectivity index (χ0n) is 16.2. The Kier molecular flexibility index (Phi) is 6.57. The zero-order chi connectivity index (χ0) is 20.8. The highest BCUT2D eigenvalue weighted by Crippen LogP contribution is 2.17. The molecule has 3 aromatic carbocycles. The van der Waals surface area contributed by atoms with Crippen LogP contribution in [0.25, 0.3) is 0 Å². The van der Waals surface area contributed by atoms with Crippen molar-refractivity contribution in [3.8, 4) is 0 Å². The van der Waals surface area contributed by atoms with Gasteiger partial charge in [-0.05, 0) is 68.0 Å². The van der Waals surface area contributed by atoms with Crippen molar-refractivity contribution >= 4 is 34.6 Å². The summed E-state index contributed by atoms with van der Waals surface area (Å²) in [6.45, 7) is 4.09. The lowest BCUT2D eigenvalue weighted by atomic mass is 10.1. The van der Waals surface area contributed by atoms with E-state index in [0.29, 0.717) is 10.8 Å². The van der Waals surface area contributed by atoms with Crippen molar-refractivity contribution in [2.24, 2.45) is 0 Å². The van der Waals surface area contributed by atoms with Crippen LogP contribution in [0.15, 0.2) is 72.8 Å². The Balaban J connectivity index is 1.56. The molecule has 1 amide bonds. The summed E-state index contributed by atoms with van der Waals surface area (Å²) in [5.74, 6) is -1.05. The molecule has 0 saturated carbocycles. The number of carbonyl (C=O) groups excluding carboxylic acids is 1. The molecule has 3 N–H and O–H groups in total. The van der Waals surface area contributed by atoms with Crippen molar-refractivity contribution in [3.63, 3.8) is 0 Å². The molecule has 0 fully saturated rings. The molecule has 4 nitrogen and oxygen atoms in total. The summed E-state index contributed by atoms with van der Waals surface area (Å²) in [5, 5.41) is 9.55. The maximum absolute atomic E-state index is 13.7. The SMILES string of the molecule is Cc1ccc([C@@H](C)NC(=S)Nc2ccc(NC(=O)c3ccccc3F)cc2)cc1. The Labute approximate surface area is 175 Å². The summed E-state index contributed by atoms with van der Waals surface area (Å²) in [5.41, 5.74) is 3.71. The first-order valence-electron chi connectivity index (χ1n) is 9.22. The fourth-order valence-corrected chi connectivity index (χ4v) is 3.08. The van der Waals surface area contributed by atoms with Gasteiger partial charge in [0.2, 0.25) is 0 Å². The Bertz CT molecular complexity index is 1000. The number of carbonyl (C=O) groups is 1. The number of anilines is 2. The molecule has 0 radical (unpaired) electrons. The van der Waals surface area contributed by atoms with Crippen LogP contribution >= 0.6 is 12.2 Å². The second-order valence-corrected chi connectivity index (χ2v) is 7.15. The lowest BCUT2D eigenvalue weighted by Gasteiger charge is -2.18. The molecular formula is C23H22FN3OS. The molecule has 0 bridgehead atoms. The van der Waals surface area contributed by atoms with Crippen molar-refractivity contribution in [2.75, 3.05) is 10.6 Å². The van der Waals surface area contributed by atoms with E-state index in [0.717, 1.165) is 11.3 Å². The minimum atomic E-state index is -0.553. The number of aryl methyl sites for hydroxylation is 1. The molecule has 0 aliphatic carbocycles. The minimum Gasteiger partial charge on any atom is -0.356 e. The smallest absolute Gasteiger partial charge is 0.258 e. The molecule has 0 aliphatic rings. The highest BCUT2D eigenvalue weighted by molar-refractivity contribution is 7.80. The van der Waals surface area contributed by atoms with Gasteiger partial charge in [-0.3, -0.25) is 4.79 Å². The van der Waals surface area contributed by atoms with E-state index in [1.54, 1.807) is 36.4 Å². The predicted molar refractivity (Wildman–Crippen MR) is 120 cm³/mol. The van der Waals surface area contributed by atoms with E-state index in [1.807, 2.05) is 6.92 Å². The molecule has 0 spiro atoms. The lowest BCUT2D eigenvalue weighted by molar-refractivity contribution is 0.102. The predicted octanol–water partition coefficient (Wildman–Crippen LogP) is 5.43. The Morgan fingerprint density at radius 3 is 2.10 bits per heavy atom. The molecule has 0 aliphatic heterocycles. The standard InChI is InChI=1S/C23H22FN3OS/c1-15-7-9-17(10-8-15)16(2)25-23(29)27-19-13-11-18(12-14-19)26-22(28)20-5-3-4-6-21(20)24/h3-14,16H,1-2H3,(H,26,28)(H2,25,27,29)/t16-/m1/s1. The van der Waals surface area contributed by atoms with Crippen LogP contribution in [0.5, 0.6) is 0 Å². The fraction of sp³-hybridized carbons (Fsp3) is 0.130. The van der Waals surface area contributed by atoms with Crippen molar-refractivity contribution in [3.05, 3.63) is 95.3 Å². The molecule has 6 heteroatoms. The van der Waals surface area contributed by atoms with Crippen LogP contribution in [0.4, 0.5) is 15.8 Å². The van der Waals surface area contributed by atoms with Gasteiger partial charge in [-0.15, -0.1) is 0 Å². The summed E-state index contributed by atoms with van der Waals surface area (Å²) in [6.07, 6.45) is 0. The van der Waals surface area contributed by atoms with Crippen LogP contribution in [0.2, 0.25) is 0 Å². The molecule has 0 unspecified atom stereocenters. The van der Waals surface area contributed by atoms with E-state index in [-0.39, 0.29) is 11.6 Å². The summed E-state index contributed by atoms with van der Waals surface area (Å²) >= 11 is 5.39. The highest BCUT2D eigenvalue weighted by Gasteiger charge is 2.11. The fourth-order valence-electron chi connectivity index (χ4n) is 2.78. The maximum atomic E-state index is 13.7. The number of hydrogen-bond donors (Lipinski definition) is 3. The number of nitrogens with one attached hydrogen (secondary N) is 3. The second kappa shape index (κ2) is 9.30. The van der Waals surface area contributed by atoms with Crippen molar-refractivity contribution in [1.29, 1.82) is 0 Å². The maximum Gasteiger partial charge on any atom is 0.258 e. The van der Waals surface area contributed by atoms with E-state index in [4.69, 9.17) is 12.2 Å². The molecule has 0 heterocycles. The average Bonchev–Trinajstić information content (AvgIpc) is 2.70. The van der Waals surface area contributed by atoms with E-state index < -0.39 is 11.7 Å². The molecule has 29 heavy (non-hydrogen) atoms. The van der Waals surface area contributed by atoms with Gasteiger partial charge < -0.3 is 16.0 Å². The number of hydrogen-bond acceptors (Lipinski definition) is 2. The summed E-state index contributed by atoms with van der Waals surface area (Å²) in [4.78, 5) is 12.2. The van der Waals surface area contributed by atoms with E-state index in [9.17, 15) is 9.18 Å². The van der Waals surface area contributed by atoms with Gasteiger partial charge in [-0.2, -0.15) is 0 Å². The molecule has 1 atom stereocenters. The first-order valence-corrected chi connectivity index (χ1v) is 9.63.